The van der Waals surface area contributed by atoms with Crippen LogP contribution in [0.1, 0.15) is 40.0 Å². The third-order valence-corrected chi connectivity index (χ3v) is 2.47. The van der Waals surface area contributed by atoms with Gasteiger partial charge < -0.3 is 15.4 Å². The summed E-state index contributed by atoms with van der Waals surface area (Å²) in [6.07, 6.45) is -0.955. The number of halogens is 2. The molecule has 1 amide bonds. The summed E-state index contributed by atoms with van der Waals surface area (Å²) in [7, 11) is 0. The molecule has 6 heteroatoms. The summed E-state index contributed by atoms with van der Waals surface area (Å²) in [6.45, 7) is 5.56. The lowest BCUT2D eigenvalue weighted by Gasteiger charge is -2.23. The van der Waals surface area contributed by atoms with Crippen molar-refractivity contribution in [1.82, 2.24) is 10.6 Å². The first-order chi connectivity index (χ1) is 8.28. The molecule has 1 aliphatic rings. The van der Waals surface area contributed by atoms with Crippen molar-refractivity contribution in [3.63, 3.8) is 0 Å². The molecule has 1 fully saturated rings. The number of rotatable bonds is 6. The molecule has 1 atom stereocenters. The molecule has 0 aromatic heterocycles. The number of carbonyl (C=O) groups excluding carboxylic acids is 1. The molecular weight excluding hydrogens is 242 g/mol. The number of hydrogen-bond donors (Lipinski definition) is 2. The first-order valence-electron chi connectivity index (χ1n) is 6.29. The number of alkyl carbamates (subject to hydrolysis) is 1. The molecule has 2 N–H and O–H groups in total. The van der Waals surface area contributed by atoms with Crippen LogP contribution >= 0.6 is 0 Å². The molecule has 4 nitrogen and oxygen atoms in total. The van der Waals surface area contributed by atoms with Gasteiger partial charge in [-0.1, -0.05) is 0 Å². The van der Waals surface area contributed by atoms with Gasteiger partial charge >= 0.3 is 6.09 Å². The highest BCUT2D eigenvalue weighted by molar-refractivity contribution is 5.68. The van der Waals surface area contributed by atoms with Crippen molar-refractivity contribution >= 4 is 6.09 Å². The molecule has 0 saturated heterocycles. The molecule has 0 aliphatic heterocycles. The van der Waals surface area contributed by atoms with Gasteiger partial charge in [-0.3, -0.25) is 0 Å². The van der Waals surface area contributed by atoms with Crippen LogP contribution in [0.15, 0.2) is 0 Å². The fourth-order valence-corrected chi connectivity index (χ4v) is 1.45. The van der Waals surface area contributed by atoms with Gasteiger partial charge in [0.1, 0.15) is 5.60 Å². The molecule has 18 heavy (non-hydrogen) atoms. The summed E-state index contributed by atoms with van der Waals surface area (Å²) in [5.74, 6) is 0. The van der Waals surface area contributed by atoms with E-state index in [9.17, 15) is 13.6 Å². The molecule has 1 unspecified atom stereocenters. The van der Waals surface area contributed by atoms with Crippen LogP contribution < -0.4 is 10.6 Å². The molecule has 0 aromatic rings. The van der Waals surface area contributed by atoms with Crippen LogP contribution in [-0.4, -0.2) is 36.7 Å². The van der Waals surface area contributed by atoms with Crippen LogP contribution in [-0.2, 0) is 4.74 Å². The number of carbonyl (C=O) groups is 1. The lowest BCUT2D eigenvalue weighted by atomic mass is 10.2. The third-order valence-electron chi connectivity index (χ3n) is 2.47. The molecule has 1 aliphatic carbocycles. The minimum Gasteiger partial charge on any atom is -0.444 e. The number of hydrogen-bond acceptors (Lipinski definition) is 3. The van der Waals surface area contributed by atoms with Gasteiger partial charge in [0.05, 0.1) is 6.04 Å². The first-order valence-corrected chi connectivity index (χ1v) is 6.29. The van der Waals surface area contributed by atoms with E-state index < -0.39 is 24.2 Å². The summed E-state index contributed by atoms with van der Waals surface area (Å²) >= 11 is 0. The summed E-state index contributed by atoms with van der Waals surface area (Å²) in [5.41, 5.74) is -0.678. The highest BCUT2D eigenvalue weighted by atomic mass is 19.3. The van der Waals surface area contributed by atoms with E-state index in [0.717, 1.165) is 12.8 Å². The molecule has 0 radical (unpaired) electrons. The number of ether oxygens (including phenoxy) is 1. The van der Waals surface area contributed by atoms with Gasteiger partial charge in [-0.15, -0.1) is 0 Å². The van der Waals surface area contributed by atoms with Gasteiger partial charge in [0.15, 0.2) is 0 Å². The lowest BCUT2D eigenvalue weighted by Crippen LogP contribution is -2.44. The minimum atomic E-state index is -2.58. The summed E-state index contributed by atoms with van der Waals surface area (Å²) < 4.78 is 30.4. The molecule has 0 bridgehead atoms. The van der Waals surface area contributed by atoms with Crippen LogP contribution in [0.4, 0.5) is 13.6 Å². The number of amides is 1. The van der Waals surface area contributed by atoms with E-state index >= 15 is 0 Å². The third kappa shape index (κ3) is 6.74. The maximum absolute atomic E-state index is 12.7. The van der Waals surface area contributed by atoms with Crippen LogP contribution in [0, 0.1) is 0 Å². The largest absolute Gasteiger partial charge is 0.444 e. The topological polar surface area (TPSA) is 50.4 Å². The molecule has 0 aromatic carbocycles. The second kappa shape index (κ2) is 6.31. The molecular formula is C12H22F2N2O2. The van der Waals surface area contributed by atoms with Crippen LogP contribution in [0.25, 0.3) is 0 Å². The van der Waals surface area contributed by atoms with Crippen molar-refractivity contribution in [3.05, 3.63) is 0 Å². The Morgan fingerprint density at radius 1 is 1.39 bits per heavy atom. The fourth-order valence-electron chi connectivity index (χ4n) is 1.45. The van der Waals surface area contributed by atoms with E-state index in [2.05, 4.69) is 10.6 Å². The molecule has 1 rings (SSSR count). The Morgan fingerprint density at radius 2 is 2.00 bits per heavy atom. The monoisotopic (exact) mass is 264 g/mol. The number of nitrogens with one attached hydrogen (secondary N) is 2. The lowest BCUT2D eigenvalue weighted by molar-refractivity contribution is 0.0365. The smallest absolute Gasteiger partial charge is 0.408 e. The highest BCUT2D eigenvalue weighted by Crippen LogP contribution is 2.18. The van der Waals surface area contributed by atoms with Crippen molar-refractivity contribution in [1.29, 1.82) is 0 Å². The Balaban J connectivity index is 2.29. The Hall–Kier alpha value is -0.910. The number of alkyl halides is 2. The Bertz CT molecular complexity index is 276. The molecule has 106 valence electrons. The zero-order valence-corrected chi connectivity index (χ0v) is 11.1. The molecule has 0 heterocycles. The van der Waals surface area contributed by atoms with E-state index in [4.69, 9.17) is 4.74 Å². The van der Waals surface area contributed by atoms with Crippen molar-refractivity contribution < 1.29 is 18.3 Å². The zero-order chi connectivity index (χ0) is 13.8. The van der Waals surface area contributed by atoms with Gasteiger partial charge in [-0.05, 0) is 46.6 Å². The molecule has 1 saturated carbocycles. The Morgan fingerprint density at radius 3 is 2.44 bits per heavy atom. The zero-order valence-electron chi connectivity index (χ0n) is 11.1. The Kier molecular flexibility index (Phi) is 5.31. The first kappa shape index (κ1) is 15.1. The van der Waals surface area contributed by atoms with Crippen LogP contribution in [0.5, 0.6) is 0 Å². The average molecular weight is 264 g/mol. The van der Waals surface area contributed by atoms with E-state index in [1.165, 1.54) is 0 Å². The molecule has 0 spiro atoms. The van der Waals surface area contributed by atoms with Gasteiger partial charge in [0.2, 0.25) is 0 Å². The second-order valence-electron chi connectivity index (χ2n) is 5.60. The predicted octanol–water partition coefficient (Wildman–Crippen LogP) is 2.29. The van der Waals surface area contributed by atoms with Crippen LogP contribution in [0.3, 0.4) is 0 Å². The maximum atomic E-state index is 12.7. The normalized spacial score (nSPS) is 17.7. The van der Waals surface area contributed by atoms with E-state index in [-0.39, 0.29) is 6.42 Å². The van der Waals surface area contributed by atoms with Gasteiger partial charge in [-0.2, -0.15) is 0 Å². The quantitative estimate of drug-likeness (QED) is 0.774. The van der Waals surface area contributed by atoms with Gasteiger partial charge in [0.25, 0.3) is 6.43 Å². The van der Waals surface area contributed by atoms with Crippen molar-refractivity contribution in [3.8, 4) is 0 Å². The van der Waals surface area contributed by atoms with Crippen LogP contribution in [0.2, 0.25) is 0 Å². The fraction of sp³-hybridized carbons (Fsp3) is 0.917. The summed E-state index contributed by atoms with van der Waals surface area (Å²) in [5, 5.41) is 5.35. The summed E-state index contributed by atoms with van der Waals surface area (Å²) in [4.78, 5) is 11.4. The van der Waals surface area contributed by atoms with Gasteiger partial charge in [-0.25, -0.2) is 13.6 Å². The second-order valence-corrected chi connectivity index (χ2v) is 5.60. The Labute approximate surface area is 106 Å². The van der Waals surface area contributed by atoms with Crippen molar-refractivity contribution in [2.24, 2.45) is 0 Å². The predicted molar refractivity (Wildman–Crippen MR) is 64.8 cm³/mol. The van der Waals surface area contributed by atoms with E-state index in [0.29, 0.717) is 12.6 Å². The SMILES string of the molecule is CC(C)(C)OC(=O)NC(CCNC1CC1)C(F)F. The van der Waals surface area contributed by atoms with Crippen molar-refractivity contribution in [2.75, 3.05) is 6.54 Å². The van der Waals surface area contributed by atoms with Crippen molar-refractivity contribution in [2.45, 2.75) is 64.1 Å². The highest BCUT2D eigenvalue weighted by Gasteiger charge is 2.26. The maximum Gasteiger partial charge on any atom is 0.408 e. The van der Waals surface area contributed by atoms with E-state index in [1.807, 2.05) is 0 Å². The summed E-state index contributed by atoms with van der Waals surface area (Å²) in [6, 6.07) is -0.684. The average Bonchev–Trinajstić information content (AvgIpc) is 2.96. The van der Waals surface area contributed by atoms with Gasteiger partial charge in [0, 0.05) is 6.04 Å². The van der Waals surface area contributed by atoms with E-state index in [1.54, 1.807) is 20.8 Å². The standard InChI is InChI=1S/C12H22F2N2O2/c1-12(2,3)18-11(17)16-9(10(13)14)6-7-15-8-4-5-8/h8-10,15H,4-7H2,1-3H3,(H,16,17). The minimum absolute atomic E-state index is 0.202.